The summed E-state index contributed by atoms with van der Waals surface area (Å²) < 4.78 is 15.9. The number of carbonyl (C=O) groups is 2. The van der Waals surface area contributed by atoms with Crippen molar-refractivity contribution in [3.05, 3.63) is 65.9 Å². The molecule has 0 atom stereocenters. The zero-order valence-corrected chi connectivity index (χ0v) is 15.0. The Bertz CT molecular complexity index is 997. The summed E-state index contributed by atoms with van der Waals surface area (Å²) in [6, 6.07) is 16.6. The number of nitrogens with zero attached hydrogens (tertiary/aromatic N) is 1. The summed E-state index contributed by atoms with van der Waals surface area (Å²) >= 11 is 0. The molecule has 3 aromatic rings. The topological polar surface area (TPSA) is 90.7 Å². The third kappa shape index (κ3) is 4.20. The van der Waals surface area contributed by atoms with E-state index < -0.39 is 5.97 Å². The molecule has 7 nitrogen and oxygen atoms in total. The Morgan fingerprint density at radius 1 is 1.11 bits per heavy atom. The Labute approximate surface area is 161 Å². The first-order valence-electron chi connectivity index (χ1n) is 8.89. The van der Waals surface area contributed by atoms with Crippen molar-refractivity contribution in [2.24, 2.45) is 0 Å². The van der Waals surface area contributed by atoms with Crippen LogP contribution in [0.2, 0.25) is 0 Å². The molecule has 0 fully saturated rings. The van der Waals surface area contributed by atoms with E-state index in [4.69, 9.17) is 14.0 Å². The van der Waals surface area contributed by atoms with Crippen LogP contribution in [-0.2, 0) is 27.4 Å². The minimum atomic E-state index is -0.510. The van der Waals surface area contributed by atoms with Gasteiger partial charge in [-0.2, -0.15) is 0 Å². The average Bonchev–Trinajstić information content (AvgIpc) is 3.20. The second kappa shape index (κ2) is 7.96. The summed E-state index contributed by atoms with van der Waals surface area (Å²) in [4.78, 5) is 23.3. The van der Waals surface area contributed by atoms with Crippen LogP contribution >= 0.6 is 0 Å². The number of esters is 1. The van der Waals surface area contributed by atoms with E-state index >= 15 is 0 Å². The smallest absolute Gasteiger partial charge is 0.344 e. The van der Waals surface area contributed by atoms with Crippen LogP contribution < -0.4 is 10.1 Å². The van der Waals surface area contributed by atoms with Crippen molar-refractivity contribution in [2.75, 3.05) is 11.9 Å². The maximum Gasteiger partial charge on any atom is 0.344 e. The highest BCUT2D eigenvalue weighted by Crippen LogP contribution is 2.26. The number of hydrogen-bond donors (Lipinski definition) is 1. The van der Waals surface area contributed by atoms with Gasteiger partial charge in [0.1, 0.15) is 11.4 Å². The largest absolute Gasteiger partial charge is 0.482 e. The van der Waals surface area contributed by atoms with Gasteiger partial charge >= 0.3 is 5.97 Å². The van der Waals surface area contributed by atoms with Gasteiger partial charge in [0.05, 0.1) is 0 Å². The number of anilines is 1. The number of aryl methyl sites for hydroxylation is 1. The Balaban J connectivity index is 1.27. The molecular formula is C21H18N2O5. The fourth-order valence-electron chi connectivity index (χ4n) is 2.91. The van der Waals surface area contributed by atoms with Gasteiger partial charge in [-0.05, 0) is 30.2 Å². The highest BCUT2D eigenvalue weighted by atomic mass is 16.6. The van der Waals surface area contributed by atoms with Crippen LogP contribution in [0.4, 0.5) is 5.69 Å². The second-order valence-electron chi connectivity index (χ2n) is 6.36. The number of carbonyl (C=O) groups excluding carboxylic acids is 2. The summed E-state index contributed by atoms with van der Waals surface area (Å²) in [7, 11) is 0. The summed E-state index contributed by atoms with van der Waals surface area (Å²) in [5.74, 6) is 0.505. The van der Waals surface area contributed by atoms with E-state index in [1.54, 1.807) is 18.2 Å². The molecule has 1 aliphatic heterocycles. The molecule has 4 rings (SSSR count). The minimum Gasteiger partial charge on any atom is -0.482 e. The van der Waals surface area contributed by atoms with Crippen LogP contribution in [0.25, 0.3) is 11.3 Å². The quantitative estimate of drug-likeness (QED) is 0.662. The number of ether oxygens (including phenoxy) is 2. The predicted octanol–water partition coefficient (Wildman–Crippen LogP) is 3.35. The van der Waals surface area contributed by atoms with Crippen molar-refractivity contribution in [1.82, 2.24) is 5.16 Å². The van der Waals surface area contributed by atoms with Gasteiger partial charge in [0, 0.05) is 23.7 Å². The first kappa shape index (κ1) is 17.8. The van der Waals surface area contributed by atoms with Gasteiger partial charge in [0.25, 0.3) is 0 Å². The van der Waals surface area contributed by atoms with Crippen molar-refractivity contribution in [3.63, 3.8) is 0 Å². The molecule has 1 aliphatic rings. The maximum atomic E-state index is 11.9. The van der Waals surface area contributed by atoms with E-state index in [0.717, 1.165) is 16.8 Å². The summed E-state index contributed by atoms with van der Waals surface area (Å²) in [6.07, 6.45) is 1.10. The number of amides is 1. The number of fused-ring (bicyclic) bond motifs is 1. The summed E-state index contributed by atoms with van der Waals surface area (Å²) in [5, 5.41) is 6.78. The zero-order valence-electron chi connectivity index (χ0n) is 15.0. The van der Waals surface area contributed by atoms with Gasteiger partial charge in [0.2, 0.25) is 5.91 Å². The molecule has 142 valence electrons. The SMILES string of the molecule is O=C1CCc2cc(OCC(=O)OCc3cc(-c4ccccc4)no3)ccc2N1. The van der Waals surface area contributed by atoms with Gasteiger partial charge in [-0.25, -0.2) is 4.79 Å². The van der Waals surface area contributed by atoms with E-state index in [1.165, 1.54) is 0 Å². The normalized spacial score (nSPS) is 12.8. The van der Waals surface area contributed by atoms with Crippen molar-refractivity contribution in [1.29, 1.82) is 0 Å². The molecule has 0 unspecified atom stereocenters. The molecule has 0 saturated heterocycles. The zero-order chi connectivity index (χ0) is 19.3. The Morgan fingerprint density at radius 2 is 1.96 bits per heavy atom. The van der Waals surface area contributed by atoms with Crippen LogP contribution in [-0.4, -0.2) is 23.6 Å². The van der Waals surface area contributed by atoms with E-state index in [-0.39, 0.29) is 19.1 Å². The van der Waals surface area contributed by atoms with Crippen LogP contribution in [0, 0.1) is 0 Å². The van der Waals surface area contributed by atoms with Gasteiger partial charge in [-0.3, -0.25) is 4.79 Å². The van der Waals surface area contributed by atoms with Crippen molar-refractivity contribution >= 4 is 17.6 Å². The lowest BCUT2D eigenvalue weighted by atomic mass is 10.0. The van der Waals surface area contributed by atoms with E-state index in [1.807, 2.05) is 36.4 Å². The standard InChI is InChI=1S/C21H18N2O5/c24-20-9-6-15-10-16(7-8-18(15)22-20)26-13-21(25)27-12-17-11-19(23-28-17)14-4-2-1-3-5-14/h1-5,7-8,10-11H,6,9,12-13H2,(H,22,24). The summed E-state index contributed by atoms with van der Waals surface area (Å²) in [5.41, 5.74) is 3.38. The lowest BCUT2D eigenvalue weighted by molar-refractivity contribution is -0.148. The predicted molar refractivity (Wildman–Crippen MR) is 101 cm³/mol. The van der Waals surface area contributed by atoms with Crippen molar-refractivity contribution < 1.29 is 23.6 Å². The Kier molecular flexibility index (Phi) is 5.05. The van der Waals surface area contributed by atoms with Gasteiger partial charge in [0.15, 0.2) is 19.0 Å². The molecule has 2 heterocycles. The average molecular weight is 378 g/mol. The summed E-state index contributed by atoms with van der Waals surface area (Å²) in [6.45, 7) is -0.233. The molecule has 7 heteroatoms. The van der Waals surface area contributed by atoms with Gasteiger partial charge in [-0.1, -0.05) is 35.5 Å². The molecule has 28 heavy (non-hydrogen) atoms. The molecule has 1 amide bonds. The lowest BCUT2D eigenvalue weighted by Gasteiger charge is -2.17. The lowest BCUT2D eigenvalue weighted by Crippen LogP contribution is -2.19. The highest BCUT2D eigenvalue weighted by molar-refractivity contribution is 5.94. The third-order valence-electron chi connectivity index (χ3n) is 4.33. The fourth-order valence-corrected chi connectivity index (χ4v) is 2.91. The van der Waals surface area contributed by atoms with E-state index in [9.17, 15) is 9.59 Å². The Hall–Kier alpha value is -3.61. The monoisotopic (exact) mass is 378 g/mol. The number of rotatable bonds is 6. The molecule has 2 aromatic carbocycles. The number of benzene rings is 2. The number of aromatic nitrogens is 1. The number of nitrogens with one attached hydrogen (secondary N) is 1. The number of hydrogen-bond acceptors (Lipinski definition) is 6. The van der Waals surface area contributed by atoms with E-state index in [2.05, 4.69) is 10.5 Å². The van der Waals surface area contributed by atoms with Crippen LogP contribution in [0.5, 0.6) is 5.75 Å². The van der Waals surface area contributed by atoms with Crippen molar-refractivity contribution in [2.45, 2.75) is 19.4 Å². The molecular weight excluding hydrogens is 360 g/mol. The minimum absolute atomic E-state index is 0.00702. The fraction of sp³-hybridized carbons (Fsp3) is 0.190. The first-order valence-corrected chi connectivity index (χ1v) is 8.89. The van der Waals surface area contributed by atoms with Crippen LogP contribution in [0.1, 0.15) is 17.7 Å². The first-order chi connectivity index (χ1) is 13.7. The molecule has 0 radical (unpaired) electrons. The molecule has 1 N–H and O–H groups in total. The second-order valence-corrected chi connectivity index (χ2v) is 6.36. The van der Waals surface area contributed by atoms with E-state index in [0.29, 0.717) is 30.0 Å². The van der Waals surface area contributed by atoms with Crippen molar-refractivity contribution in [3.8, 4) is 17.0 Å². The third-order valence-corrected chi connectivity index (χ3v) is 4.33. The molecule has 0 aliphatic carbocycles. The Morgan fingerprint density at radius 3 is 2.82 bits per heavy atom. The highest BCUT2D eigenvalue weighted by Gasteiger charge is 2.16. The van der Waals surface area contributed by atoms with Gasteiger partial charge in [-0.15, -0.1) is 0 Å². The molecule has 0 spiro atoms. The van der Waals surface area contributed by atoms with Gasteiger partial charge < -0.3 is 19.3 Å². The maximum absolute atomic E-state index is 11.9. The van der Waals surface area contributed by atoms with Crippen LogP contribution in [0.15, 0.2) is 59.1 Å². The van der Waals surface area contributed by atoms with Crippen LogP contribution in [0.3, 0.4) is 0 Å². The molecule has 0 saturated carbocycles. The molecule has 0 bridgehead atoms. The molecule has 1 aromatic heterocycles.